The van der Waals surface area contributed by atoms with E-state index in [4.69, 9.17) is 0 Å². The van der Waals surface area contributed by atoms with E-state index in [1.807, 2.05) is 73.0 Å². The third-order valence-corrected chi connectivity index (χ3v) is 4.19. The average molecular weight is 293 g/mol. The van der Waals surface area contributed by atoms with Crippen molar-refractivity contribution < 1.29 is 4.79 Å². The summed E-state index contributed by atoms with van der Waals surface area (Å²) in [5, 5.41) is 5.05. The van der Waals surface area contributed by atoms with Crippen LogP contribution in [0.2, 0.25) is 0 Å². The van der Waals surface area contributed by atoms with Crippen LogP contribution in [0.25, 0.3) is 10.8 Å². The number of benzene rings is 3. The molecule has 0 aliphatic carbocycles. The lowest BCUT2D eigenvalue weighted by atomic mass is 10.0. The fourth-order valence-electron chi connectivity index (χ4n) is 2.36. The van der Waals surface area contributed by atoms with Crippen molar-refractivity contribution in [3.63, 3.8) is 0 Å². The number of rotatable bonds is 3. The summed E-state index contributed by atoms with van der Waals surface area (Å²) in [6.07, 6.45) is 2.00. The summed E-state index contributed by atoms with van der Waals surface area (Å²) in [4.78, 5) is 13.6. The molecule has 3 rings (SSSR count). The molecular weight excluding hydrogens is 278 g/mol. The van der Waals surface area contributed by atoms with Gasteiger partial charge in [-0.1, -0.05) is 48.5 Å². The molecule has 0 heterocycles. The molecule has 0 atom stereocenters. The van der Waals surface area contributed by atoms with E-state index in [1.54, 1.807) is 11.8 Å². The number of para-hydroxylation sites is 1. The Labute approximate surface area is 128 Å². The monoisotopic (exact) mass is 293 g/mol. The number of fused-ring (bicyclic) bond motifs is 1. The Morgan fingerprint density at radius 2 is 1.62 bits per heavy atom. The third kappa shape index (κ3) is 2.78. The normalized spacial score (nSPS) is 10.5. The van der Waals surface area contributed by atoms with Gasteiger partial charge in [-0.05, 0) is 35.2 Å². The molecule has 21 heavy (non-hydrogen) atoms. The summed E-state index contributed by atoms with van der Waals surface area (Å²) >= 11 is 1.62. The summed E-state index contributed by atoms with van der Waals surface area (Å²) in [7, 11) is 0. The van der Waals surface area contributed by atoms with Crippen molar-refractivity contribution in [2.75, 3.05) is 11.6 Å². The van der Waals surface area contributed by atoms with E-state index in [-0.39, 0.29) is 5.91 Å². The molecule has 0 aromatic heterocycles. The van der Waals surface area contributed by atoms with E-state index in [9.17, 15) is 4.79 Å². The molecule has 3 aromatic rings. The Balaban J connectivity index is 1.98. The number of hydrogen-bond donors (Lipinski definition) is 1. The van der Waals surface area contributed by atoms with Crippen molar-refractivity contribution in [2.24, 2.45) is 0 Å². The van der Waals surface area contributed by atoms with Crippen LogP contribution in [0.5, 0.6) is 0 Å². The van der Waals surface area contributed by atoms with Gasteiger partial charge in [0, 0.05) is 10.5 Å². The van der Waals surface area contributed by atoms with Crippen LogP contribution in [0.15, 0.2) is 71.6 Å². The quantitative estimate of drug-likeness (QED) is 0.702. The van der Waals surface area contributed by atoms with Gasteiger partial charge < -0.3 is 5.32 Å². The maximum absolute atomic E-state index is 12.6. The van der Waals surface area contributed by atoms with Gasteiger partial charge in [-0.3, -0.25) is 4.79 Å². The van der Waals surface area contributed by atoms with Gasteiger partial charge in [0.2, 0.25) is 0 Å². The van der Waals surface area contributed by atoms with Crippen molar-refractivity contribution in [1.82, 2.24) is 0 Å². The number of amides is 1. The van der Waals surface area contributed by atoms with E-state index in [0.29, 0.717) is 5.56 Å². The Kier molecular flexibility index (Phi) is 3.93. The molecule has 0 bridgehead atoms. The lowest BCUT2D eigenvalue weighted by Crippen LogP contribution is -2.12. The molecule has 3 aromatic carbocycles. The molecule has 1 amide bonds. The minimum Gasteiger partial charge on any atom is -0.321 e. The Bertz CT molecular complexity index is 793. The first-order valence-corrected chi connectivity index (χ1v) is 7.94. The molecule has 1 N–H and O–H groups in total. The summed E-state index contributed by atoms with van der Waals surface area (Å²) in [5.74, 6) is -0.0756. The molecule has 0 unspecified atom stereocenters. The van der Waals surface area contributed by atoms with Crippen LogP contribution in [0, 0.1) is 0 Å². The molecule has 3 heteroatoms. The first-order chi connectivity index (χ1) is 10.3. The molecule has 0 spiro atoms. The van der Waals surface area contributed by atoms with Crippen molar-refractivity contribution >= 4 is 34.1 Å². The minimum absolute atomic E-state index is 0.0756. The number of thioether (sulfide) groups is 1. The Morgan fingerprint density at radius 3 is 2.48 bits per heavy atom. The second kappa shape index (κ2) is 6.02. The number of nitrogens with one attached hydrogen (secondary N) is 1. The number of carbonyl (C=O) groups excluding carboxylic acids is 1. The molecule has 0 saturated heterocycles. The highest BCUT2D eigenvalue weighted by Crippen LogP contribution is 2.26. The van der Waals surface area contributed by atoms with E-state index < -0.39 is 0 Å². The molecular formula is C18H15NOS. The first-order valence-electron chi connectivity index (χ1n) is 6.72. The van der Waals surface area contributed by atoms with Gasteiger partial charge in [0.05, 0.1) is 5.69 Å². The maximum atomic E-state index is 12.6. The SMILES string of the molecule is CSc1ccccc1NC(=O)c1cccc2ccccc12. The largest absolute Gasteiger partial charge is 0.321 e. The molecule has 0 saturated carbocycles. The van der Waals surface area contributed by atoms with E-state index in [2.05, 4.69) is 5.32 Å². The van der Waals surface area contributed by atoms with Crippen molar-refractivity contribution in [3.8, 4) is 0 Å². The summed E-state index contributed by atoms with van der Waals surface area (Å²) in [5.41, 5.74) is 1.55. The summed E-state index contributed by atoms with van der Waals surface area (Å²) in [6.45, 7) is 0. The smallest absolute Gasteiger partial charge is 0.256 e. The van der Waals surface area contributed by atoms with Crippen LogP contribution < -0.4 is 5.32 Å². The molecule has 0 radical (unpaired) electrons. The van der Waals surface area contributed by atoms with Crippen molar-refractivity contribution in [3.05, 3.63) is 72.3 Å². The Morgan fingerprint density at radius 1 is 0.905 bits per heavy atom. The van der Waals surface area contributed by atoms with Crippen LogP contribution in [0.3, 0.4) is 0 Å². The summed E-state index contributed by atoms with van der Waals surface area (Å²) < 4.78 is 0. The van der Waals surface area contributed by atoms with E-state index in [1.165, 1.54) is 0 Å². The van der Waals surface area contributed by atoms with E-state index in [0.717, 1.165) is 21.4 Å². The minimum atomic E-state index is -0.0756. The number of hydrogen-bond acceptors (Lipinski definition) is 2. The van der Waals surface area contributed by atoms with Gasteiger partial charge in [-0.2, -0.15) is 0 Å². The van der Waals surface area contributed by atoms with Crippen LogP contribution >= 0.6 is 11.8 Å². The summed E-state index contributed by atoms with van der Waals surface area (Å²) in [6, 6.07) is 21.5. The van der Waals surface area contributed by atoms with Gasteiger partial charge in [0.25, 0.3) is 5.91 Å². The average Bonchev–Trinajstić information content (AvgIpc) is 2.54. The second-order valence-corrected chi connectivity index (χ2v) is 5.53. The lowest BCUT2D eigenvalue weighted by Gasteiger charge is -2.10. The van der Waals surface area contributed by atoms with Gasteiger partial charge >= 0.3 is 0 Å². The molecule has 0 fully saturated rings. The highest BCUT2D eigenvalue weighted by atomic mass is 32.2. The van der Waals surface area contributed by atoms with Crippen LogP contribution in [-0.4, -0.2) is 12.2 Å². The Hall–Kier alpha value is -2.26. The van der Waals surface area contributed by atoms with Gasteiger partial charge in [0.15, 0.2) is 0 Å². The van der Waals surface area contributed by atoms with Crippen molar-refractivity contribution in [2.45, 2.75) is 4.90 Å². The zero-order chi connectivity index (χ0) is 14.7. The molecule has 0 aliphatic heterocycles. The first kappa shape index (κ1) is 13.7. The third-order valence-electron chi connectivity index (χ3n) is 3.39. The zero-order valence-electron chi connectivity index (χ0n) is 11.7. The molecule has 2 nitrogen and oxygen atoms in total. The predicted octanol–water partition coefficient (Wildman–Crippen LogP) is 4.81. The lowest BCUT2D eigenvalue weighted by molar-refractivity contribution is 0.102. The van der Waals surface area contributed by atoms with Crippen molar-refractivity contribution in [1.29, 1.82) is 0 Å². The zero-order valence-corrected chi connectivity index (χ0v) is 12.5. The standard InChI is InChI=1S/C18H15NOS/c1-21-17-12-5-4-11-16(17)19-18(20)15-10-6-8-13-7-2-3-9-14(13)15/h2-12H,1H3,(H,19,20). The second-order valence-electron chi connectivity index (χ2n) is 4.68. The number of carbonyl (C=O) groups is 1. The van der Waals surface area contributed by atoms with Gasteiger partial charge in [-0.25, -0.2) is 0 Å². The number of anilines is 1. The van der Waals surface area contributed by atoms with Crippen LogP contribution in [0.1, 0.15) is 10.4 Å². The molecule has 0 aliphatic rings. The van der Waals surface area contributed by atoms with Gasteiger partial charge in [0.1, 0.15) is 0 Å². The van der Waals surface area contributed by atoms with Gasteiger partial charge in [-0.15, -0.1) is 11.8 Å². The molecule has 104 valence electrons. The maximum Gasteiger partial charge on any atom is 0.256 e. The fourth-order valence-corrected chi connectivity index (χ4v) is 2.91. The highest BCUT2D eigenvalue weighted by Gasteiger charge is 2.11. The topological polar surface area (TPSA) is 29.1 Å². The highest BCUT2D eigenvalue weighted by molar-refractivity contribution is 7.98. The van der Waals surface area contributed by atoms with Crippen LogP contribution in [0.4, 0.5) is 5.69 Å². The van der Waals surface area contributed by atoms with Crippen LogP contribution in [-0.2, 0) is 0 Å². The fraction of sp³-hybridized carbons (Fsp3) is 0.0556. The predicted molar refractivity (Wildman–Crippen MR) is 90.1 cm³/mol. The van der Waals surface area contributed by atoms with E-state index >= 15 is 0 Å².